The summed E-state index contributed by atoms with van der Waals surface area (Å²) in [5.41, 5.74) is 0. The number of hydrogen-bond acceptors (Lipinski definition) is 4. The number of aromatic nitrogens is 2. The van der Waals surface area contributed by atoms with E-state index in [2.05, 4.69) is 29.1 Å². The smallest absolute Gasteiger partial charge is 0.133 e. The molecule has 0 bridgehead atoms. The van der Waals surface area contributed by atoms with Gasteiger partial charge in [-0.05, 0) is 20.8 Å². The lowest BCUT2D eigenvalue weighted by Gasteiger charge is -2.15. The Bertz CT molecular complexity index is 307. The van der Waals surface area contributed by atoms with Crippen molar-refractivity contribution in [2.24, 2.45) is 0 Å². The molecule has 1 heterocycles. The number of anilines is 2. The Labute approximate surface area is 85.4 Å². The van der Waals surface area contributed by atoms with Crippen LogP contribution in [0.4, 0.5) is 11.6 Å². The number of rotatable bonds is 3. The maximum Gasteiger partial charge on any atom is 0.133 e. The van der Waals surface area contributed by atoms with Crippen molar-refractivity contribution in [3.05, 3.63) is 11.9 Å². The Kier molecular flexibility index (Phi) is 3.28. The monoisotopic (exact) mass is 194 g/mol. The maximum atomic E-state index is 4.32. The van der Waals surface area contributed by atoms with Crippen molar-refractivity contribution >= 4 is 11.6 Å². The Morgan fingerprint density at radius 1 is 1.29 bits per heavy atom. The summed E-state index contributed by atoms with van der Waals surface area (Å²) in [6.45, 7) is 6.08. The molecule has 1 aromatic rings. The topological polar surface area (TPSA) is 41.1 Å². The second-order valence-electron chi connectivity index (χ2n) is 3.85. The molecule has 4 heteroatoms. The van der Waals surface area contributed by atoms with E-state index < -0.39 is 0 Å². The zero-order valence-corrected chi connectivity index (χ0v) is 9.50. The number of hydrogen-bond donors (Lipinski definition) is 1. The average Bonchev–Trinajstić information content (AvgIpc) is 2.01. The minimum Gasteiger partial charge on any atom is -0.368 e. The van der Waals surface area contributed by atoms with E-state index in [-0.39, 0.29) is 0 Å². The van der Waals surface area contributed by atoms with Gasteiger partial charge in [0.25, 0.3) is 0 Å². The van der Waals surface area contributed by atoms with Crippen molar-refractivity contribution in [3.63, 3.8) is 0 Å². The van der Waals surface area contributed by atoms with Crippen LogP contribution in [-0.4, -0.2) is 30.1 Å². The number of nitrogens with zero attached hydrogens (tertiary/aromatic N) is 3. The normalized spacial score (nSPS) is 10.4. The minimum atomic E-state index is 0.388. The van der Waals surface area contributed by atoms with Gasteiger partial charge in [-0.1, -0.05) is 0 Å². The van der Waals surface area contributed by atoms with E-state index in [4.69, 9.17) is 0 Å². The van der Waals surface area contributed by atoms with Crippen LogP contribution in [0.25, 0.3) is 0 Å². The molecule has 0 aliphatic rings. The lowest BCUT2D eigenvalue weighted by Crippen LogP contribution is -2.15. The molecule has 1 aromatic heterocycles. The van der Waals surface area contributed by atoms with Gasteiger partial charge >= 0.3 is 0 Å². The van der Waals surface area contributed by atoms with E-state index in [1.54, 1.807) is 0 Å². The maximum absolute atomic E-state index is 4.32. The highest BCUT2D eigenvalue weighted by Crippen LogP contribution is 2.13. The molecule has 0 aliphatic heterocycles. The quantitative estimate of drug-likeness (QED) is 0.794. The summed E-state index contributed by atoms with van der Waals surface area (Å²) in [6.07, 6.45) is 0. The van der Waals surface area contributed by atoms with Gasteiger partial charge in [-0.3, -0.25) is 0 Å². The summed E-state index contributed by atoms with van der Waals surface area (Å²) in [7, 11) is 3.95. The summed E-state index contributed by atoms with van der Waals surface area (Å²) >= 11 is 0. The van der Waals surface area contributed by atoms with E-state index in [9.17, 15) is 0 Å². The zero-order chi connectivity index (χ0) is 10.7. The van der Waals surface area contributed by atoms with Crippen molar-refractivity contribution < 1.29 is 0 Å². The summed E-state index contributed by atoms with van der Waals surface area (Å²) in [5.74, 6) is 2.61. The molecule has 1 rings (SSSR count). The third-order valence-electron chi connectivity index (χ3n) is 1.72. The van der Waals surface area contributed by atoms with Crippen LogP contribution in [-0.2, 0) is 0 Å². The van der Waals surface area contributed by atoms with E-state index in [1.165, 1.54) is 0 Å². The van der Waals surface area contributed by atoms with Crippen LogP contribution < -0.4 is 10.2 Å². The van der Waals surface area contributed by atoms with Gasteiger partial charge in [-0.2, -0.15) is 0 Å². The van der Waals surface area contributed by atoms with Crippen LogP contribution in [0.5, 0.6) is 0 Å². The van der Waals surface area contributed by atoms with Crippen molar-refractivity contribution in [3.8, 4) is 0 Å². The van der Waals surface area contributed by atoms with Gasteiger partial charge in [0.2, 0.25) is 0 Å². The SMILES string of the molecule is Cc1nc(NC(C)C)cc(N(C)C)n1. The fourth-order valence-corrected chi connectivity index (χ4v) is 1.15. The van der Waals surface area contributed by atoms with Gasteiger partial charge in [-0.25, -0.2) is 9.97 Å². The van der Waals surface area contributed by atoms with Gasteiger partial charge in [-0.15, -0.1) is 0 Å². The Hall–Kier alpha value is -1.32. The molecule has 14 heavy (non-hydrogen) atoms. The van der Waals surface area contributed by atoms with E-state index in [0.29, 0.717) is 6.04 Å². The molecule has 0 amide bonds. The molecule has 0 atom stereocenters. The second-order valence-corrected chi connectivity index (χ2v) is 3.85. The molecule has 0 saturated carbocycles. The fourth-order valence-electron chi connectivity index (χ4n) is 1.15. The highest BCUT2D eigenvalue weighted by molar-refractivity contribution is 5.48. The van der Waals surface area contributed by atoms with Gasteiger partial charge in [0.05, 0.1) is 0 Å². The van der Waals surface area contributed by atoms with E-state index in [1.807, 2.05) is 32.0 Å². The average molecular weight is 194 g/mol. The summed E-state index contributed by atoms with van der Waals surface area (Å²) in [5, 5.41) is 3.26. The summed E-state index contributed by atoms with van der Waals surface area (Å²) in [4.78, 5) is 10.6. The highest BCUT2D eigenvalue weighted by atomic mass is 15.2. The van der Waals surface area contributed by atoms with Gasteiger partial charge in [0.1, 0.15) is 17.5 Å². The summed E-state index contributed by atoms with van der Waals surface area (Å²) in [6, 6.07) is 2.34. The van der Waals surface area contributed by atoms with E-state index >= 15 is 0 Å². The predicted octanol–water partition coefficient (Wildman–Crippen LogP) is 1.67. The summed E-state index contributed by atoms with van der Waals surface area (Å²) < 4.78 is 0. The molecule has 78 valence electrons. The Balaban J connectivity index is 2.95. The lowest BCUT2D eigenvalue weighted by molar-refractivity contribution is 0.877. The molecule has 0 fully saturated rings. The first-order valence-corrected chi connectivity index (χ1v) is 4.78. The molecular weight excluding hydrogens is 176 g/mol. The van der Waals surface area contributed by atoms with Crippen LogP contribution in [0.15, 0.2) is 6.07 Å². The standard InChI is InChI=1S/C10H18N4/c1-7(2)11-9-6-10(14(4)5)13-8(3)12-9/h6-7H,1-5H3,(H,11,12,13). The van der Waals surface area contributed by atoms with Gasteiger partial charge < -0.3 is 10.2 Å². The van der Waals surface area contributed by atoms with Crippen LogP contribution >= 0.6 is 0 Å². The van der Waals surface area contributed by atoms with Crippen molar-refractivity contribution in [1.29, 1.82) is 0 Å². The molecule has 0 spiro atoms. The first kappa shape index (κ1) is 10.8. The van der Waals surface area contributed by atoms with Crippen LogP contribution in [0.1, 0.15) is 19.7 Å². The molecule has 0 saturated heterocycles. The molecule has 1 N–H and O–H groups in total. The number of aryl methyl sites for hydroxylation is 1. The first-order chi connectivity index (χ1) is 6.49. The van der Waals surface area contributed by atoms with Crippen LogP contribution in [0, 0.1) is 6.92 Å². The molecule has 4 nitrogen and oxygen atoms in total. The largest absolute Gasteiger partial charge is 0.368 e. The predicted molar refractivity (Wildman–Crippen MR) is 59.9 cm³/mol. The van der Waals surface area contributed by atoms with Crippen molar-refractivity contribution in [2.75, 3.05) is 24.3 Å². The van der Waals surface area contributed by atoms with Gasteiger partial charge in [0.15, 0.2) is 0 Å². The Morgan fingerprint density at radius 3 is 2.43 bits per heavy atom. The fraction of sp³-hybridized carbons (Fsp3) is 0.600. The van der Waals surface area contributed by atoms with Crippen molar-refractivity contribution in [2.45, 2.75) is 26.8 Å². The van der Waals surface area contributed by atoms with Crippen molar-refractivity contribution in [1.82, 2.24) is 9.97 Å². The highest BCUT2D eigenvalue weighted by Gasteiger charge is 2.03. The third-order valence-corrected chi connectivity index (χ3v) is 1.72. The number of nitrogens with one attached hydrogen (secondary N) is 1. The molecule has 0 aliphatic carbocycles. The molecule has 0 radical (unpaired) electrons. The lowest BCUT2D eigenvalue weighted by atomic mass is 10.4. The molecular formula is C10H18N4. The third kappa shape index (κ3) is 2.87. The first-order valence-electron chi connectivity index (χ1n) is 4.78. The van der Waals surface area contributed by atoms with Crippen LogP contribution in [0.2, 0.25) is 0 Å². The zero-order valence-electron chi connectivity index (χ0n) is 9.50. The van der Waals surface area contributed by atoms with Crippen LogP contribution in [0.3, 0.4) is 0 Å². The second kappa shape index (κ2) is 4.26. The van der Waals surface area contributed by atoms with Gasteiger partial charge in [0, 0.05) is 26.2 Å². The Morgan fingerprint density at radius 2 is 1.93 bits per heavy atom. The minimum absolute atomic E-state index is 0.388. The molecule has 0 unspecified atom stereocenters. The van der Waals surface area contributed by atoms with E-state index in [0.717, 1.165) is 17.5 Å². The molecule has 0 aromatic carbocycles.